The van der Waals surface area contributed by atoms with Crippen molar-refractivity contribution in [1.82, 2.24) is 4.90 Å². The molecule has 1 aliphatic rings. The van der Waals surface area contributed by atoms with Gasteiger partial charge in [-0.05, 0) is 57.7 Å². The van der Waals surface area contributed by atoms with E-state index in [1.54, 1.807) is 0 Å². The normalized spacial score (nSPS) is 17.8. The van der Waals surface area contributed by atoms with Crippen molar-refractivity contribution in [1.29, 1.82) is 0 Å². The van der Waals surface area contributed by atoms with Gasteiger partial charge < -0.3 is 14.7 Å². The summed E-state index contributed by atoms with van der Waals surface area (Å²) in [4.78, 5) is 2.33. The van der Waals surface area contributed by atoms with Crippen LogP contribution in [0, 0.1) is 18.3 Å². The van der Waals surface area contributed by atoms with Gasteiger partial charge in [0.25, 0.3) is 0 Å². The summed E-state index contributed by atoms with van der Waals surface area (Å²) in [5.74, 6) is 3.33. The molecule has 0 bridgehead atoms. The Morgan fingerprint density at radius 2 is 1.92 bits per heavy atom. The fourth-order valence-electron chi connectivity index (χ4n) is 3.02. The van der Waals surface area contributed by atoms with Gasteiger partial charge in [-0.25, -0.2) is 0 Å². The van der Waals surface area contributed by atoms with Crippen LogP contribution >= 0.6 is 12.4 Å². The van der Waals surface area contributed by atoms with E-state index in [2.05, 4.69) is 41.2 Å². The van der Waals surface area contributed by atoms with Crippen molar-refractivity contribution in [3.05, 3.63) is 35.9 Å². The molecule has 3 nitrogen and oxygen atoms in total. The number of benzene rings is 1. The third kappa shape index (κ3) is 7.23. The van der Waals surface area contributed by atoms with Gasteiger partial charge in [0.1, 0.15) is 5.60 Å². The number of hydrogen-bond acceptors (Lipinski definition) is 3. The fourth-order valence-corrected chi connectivity index (χ4v) is 3.02. The van der Waals surface area contributed by atoms with Gasteiger partial charge in [-0.3, -0.25) is 0 Å². The average Bonchev–Trinajstić information content (AvgIpc) is 2.56. The monoisotopic (exact) mass is 351 g/mol. The van der Waals surface area contributed by atoms with E-state index in [0.717, 1.165) is 25.4 Å². The van der Waals surface area contributed by atoms with Crippen molar-refractivity contribution in [3.63, 3.8) is 0 Å². The van der Waals surface area contributed by atoms with Crippen LogP contribution < -0.4 is 0 Å². The number of aliphatic hydroxyl groups excluding tert-OH is 1. The van der Waals surface area contributed by atoms with Crippen LogP contribution in [0.5, 0.6) is 0 Å². The number of piperidine rings is 1. The third-order valence-corrected chi connectivity index (χ3v) is 4.53. The first-order valence-corrected chi connectivity index (χ1v) is 8.54. The summed E-state index contributed by atoms with van der Waals surface area (Å²) in [5, 5.41) is 10.1. The molecular formula is C20H30ClNO2. The standard InChI is InChI=1S/C20H29NO2.ClH/c1-4-20(2,3)23-16-19(22)15-21-12-10-18(11-13-21)14-17-8-6-5-7-9-17;/h1,5-9,18-19,22H,10-16H2,2-3H3;1H. The molecule has 24 heavy (non-hydrogen) atoms. The summed E-state index contributed by atoms with van der Waals surface area (Å²) in [6.45, 7) is 6.74. The van der Waals surface area contributed by atoms with Gasteiger partial charge in [0.15, 0.2) is 0 Å². The second-order valence-electron chi connectivity index (χ2n) is 7.05. The minimum absolute atomic E-state index is 0. The number of terminal acetylenes is 1. The number of ether oxygens (including phenoxy) is 1. The lowest BCUT2D eigenvalue weighted by atomic mass is 9.90. The lowest BCUT2D eigenvalue weighted by Gasteiger charge is -2.33. The molecule has 1 aromatic rings. The van der Waals surface area contributed by atoms with E-state index >= 15 is 0 Å². The molecule has 0 amide bonds. The fraction of sp³-hybridized carbons (Fsp3) is 0.600. The molecule has 1 unspecified atom stereocenters. The Morgan fingerprint density at radius 3 is 2.50 bits per heavy atom. The van der Waals surface area contributed by atoms with Crippen molar-refractivity contribution >= 4 is 12.4 Å². The first-order chi connectivity index (χ1) is 11.0. The van der Waals surface area contributed by atoms with Gasteiger partial charge in [-0.1, -0.05) is 36.3 Å². The maximum atomic E-state index is 10.1. The number of halogens is 1. The highest BCUT2D eigenvalue weighted by atomic mass is 35.5. The molecule has 0 radical (unpaired) electrons. The van der Waals surface area contributed by atoms with Crippen molar-refractivity contribution < 1.29 is 9.84 Å². The second kappa shape index (κ2) is 10.1. The summed E-state index contributed by atoms with van der Waals surface area (Å²) in [6, 6.07) is 10.7. The van der Waals surface area contributed by atoms with E-state index in [9.17, 15) is 5.11 Å². The van der Waals surface area contributed by atoms with Gasteiger partial charge in [-0.2, -0.15) is 0 Å². The Balaban J connectivity index is 0.00000288. The van der Waals surface area contributed by atoms with E-state index < -0.39 is 11.7 Å². The Hall–Kier alpha value is -1.05. The SMILES string of the molecule is C#CC(C)(C)OCC(O)CN1CCC(Cc2ccccc2)CC1.Cl. The Morgan fingerprint density at radius 1 is 1.29 bits per heavy atom. The zero-order valence-electron chi connectivity index (χ0n) is 14.8. The molecular weight excluding hydrogens is 322 g/mol. The van der Waals surface area contributed by atoms with E-state index in [1.807, 2.05) is 13.8 Å². The summed E-state index contributed by atoms with van der Waals surface area (Å²) in [5.41, 5.74) is 0.819. The molecule has 1 N–H and O–H groups in total. The molecule has 1 atom stereocenters. The summed E-state index contributed by atoms with van der Waals surface area (Å²) >= 11 is 0. The molecule has 1 aromatic carbocycles. The maximum Gasteiger partial charge on any atom is 0.122 e. The van der Waals surface area contributed by atoms with Crippen LogP contribution in [0.25, 0.3) is 0 Å². The lowest BCUT2D eigenvalue weighted by Crippen LogP contribution is -2.41. The Labute approximate surface area is 152 Å². The van der Waals surface area contributed by atoms with Crippen LogP contribution in [-0.4, -0.2) is 48.0 Å². The molecule has 0 spiro atoms. The van der Waals surface area contributed by atoms with Crippen molar-refractivity contribution in [2.45, 2.75) is 44.8 Å². The zero-order chi connectivity index (χ0) is 16.7. The van der Waals surface area contributed by atoms with Gasteiger partial charge in [0, 0.05) is 6.54 Å². The summed E-state index contributed by atoms with van der Waals surface area (Å²) in [7, 11) is 0. The number of β-amino-alcohol motifs (C(OH)–C–C–N with tert-alkyl or cyclic N) is 1. The van der Waals surface area contributed by atoms with Gasteiger partial charge in [0.2, 0.25) is 0 Å². The minimum atomic E-state index is -0.607. The molecule has 1 heterocycles. The predicted molar refractivity (Wildman–Crippen MR) is 101 cm³/mol. The van der Waals surface area contributed by atoms with Crippen LogP contribution in [0.1, 0.15) is 32.3 Å². The highest BCUT2D eigenvalue weighted by Gasteiger charge is 2.22. The van der Waals surface area contributed by atoms with E-state index in [0.29, 0.717) is 13.2 Å². The second-order valence-corrected chi connectivity index (χ2v) is 7.05. The average molecular weight is 352 g/mol. The van der Waals surface area contributed by atoms with E-state index in [4.69, 9.17) is 11.2 Å². The predicted octanol–water partition coefficient (Wildman–Crippen LogP) is 3.15. The maximum absolute atomic E-state index is 10.1. The van der Waals surface area contributed by atoms with Gasteiger partial charge in [0.05, 0.1) is 12.7 Å². The van der Waals surface area contributed by atoms with Crippen LogP contribution in [-0.2, 0) is 11.2 Å². The molecule has 4 heteroatoms. The van der Waals surface area contributed by atoms with Crippen molar-refractivity contribution in [2.75, 3.05) is 26.2 Å². The van der Waals surface area contributed by atoms with Crippen LogP contribution in [0.4, 0.5) is 0 Å². The molecule has 1 saturated heterocycles. The molecule has 2 rings (SSSR count). The lowest BCUT2D eigenvalue weighted by molar-refractivity contribution is -0.0397. The highest BCUT2D eigenvalue weighted by molar-refractivity contribution is 5.85. The van der Waals surface area contributed by atoms with E-state index in [1.165, 1.54) is 18.4 Å². The van der Waals surface area contributed by atoms with E-state index in [-0.39, 0.29) is 12.4 Å². The molecule has 0 aliphatic carbocycles. The number of nitrogens with zero attached hydrogens (tertiary/aromatic N) is 1. The van der Waals surface area contributed by atoms with Crippen molar-refractivity contribution in [3.8, 4) is 12.3 Å². The third-order valence-electron chi connectivity index (χ3n) is 4.53. The molecule has 1 aliphatic heterocycles. The number of likely N-dealkylation sites (tertiary alicyclic amines) is 1. The van der Waals surface area contributed by atoms with Crippen molar-refractivity contribution in [2.24, 2.45) is 5.92 Å². The van der Waals surface area contributed by atoms with Gasteiger partial charge in [-0.15, -0.1) is 18.8 Å². The Kier molecular flexibility index (Phi) is 8.80. The molecule has 0 saturated carbocycles. The largest absolute Gasteiger partial charge is 0.389 e. The van der Waals surface area contributed by atoms with Gasteiger partial charge >= 0.3 is 0 Å². The zero-order valence-corrected chi connectivity index (χ0v) is 15.6. The summed E-state index contributed by atoms with van der Waals surface area (Å²) < 4.78 is 5.57. The highest BCUT2D eigenvalue weighted by Crippen LogP contribution is 2.21. The van der Waals surface area contributed by atoms with Crippen LogP contribution in [0.3, 0.4) is 0 Å². The quantitative estimate of drug-likeness (QED) is 0.766. The molecule has 134 valence electrons. The first-order valence-electron chi connectivity index (χ1n) is 8.54. The number of aliphatic hydroxyl groups is 1. The topological polar surface area (TPSA) is 32.7 Å². The minimum Gasteiger partial charge on any atom is -0.389 e. The van der Waals surface area contributed by atoms with Crippen LogP contribution in [0.15, 0.2) is 30.3 Å². The molecule has 0 aromatic heterocycles. The Bertz CT molecular complexity index is 504. The molecule has 1 fully saturated rings. The summed E-state index contributed by atoms with van der Waals surface area (Å²) in [6.07, 6.45) is 8.46. The first kappa shape index (κ1) is 21.0. The smallest absolute Gasteiger partial charge is 0.122 e. The number of rotatable bonds is 7. The van der Waals surface area contributed by atoms with Crippen LogP contribution in [0.2, 0.25) is 0 Å². The number of hydrogen-bond donors (Lipinski definition) is 1.